The summed E-state index contributed by atoms with van der Waals surface area (Å²) in [5.74, 6) is -0.538. The van der Waals surface area contributed by atoms with Gasteiger partial charge in [0.05, 0.1) is 5.69 Å². The lowest BCUT2D eigenvalue weighted by molar-refractivity contribution is 0.0995. The molecule has 1 rings (SSSR count). The molecule has 1 amide bonds. The molecular formula is C9H16N4O2. The first-order chi connectivity index (χ1) is 7.16. The minimum Gasteiger partial charge on any atom is -0.382 e. The molecule has 1 aromatic rings. The highest BCUT2D eigenvalue weighted by Crippen LogP contribution is 2.03. The number of aryl methyl sites for hydroxylation is 1. The smallest absolute Gasteiger partial charge is 0.271 e. The summed E-state index contributed by atoms with van der Waals surface area (Å²) < 4.78 is 6.86. The number of ether oxygens (including phenoxy) is 1. The molecule has 0 aliphatic carbocycles. The average Bonchev–Trinajstić information content (AvgIpc) is 2.55. The van der Waals surface area contributed by atoms with E-state index in [4.69, 9.17) is 10.5 Å². The molecule has 0 saturated heterocycles. The van der Waals surface area contributed by atoms with E-state index in [0.717, 1.165) is 6.42 Å². The molecule has 0 saturated carbocycles. The highest BCUT2D eigenvalue weighted by atomic mass is 16.5. The van der Waals surface area contributed by atoms with Crippen molar-refractivity contribution in [3.63, 3.8) is 0 Å². The van der Waals surface area contributed by atoms with E-state index < -0.39 is 5.91 Å². The van der Waals surface area contributed by atoms with Crippen LogP contribution in [0.1, 0.15) is 29.5 Å². The van der Waals surface area contributed by atoms with Gasteiger partial charge in [0.15, 0.2) is 5.69 Å². The van der Waals surface area contributed by atoms with Gasteiger partial charge in [0.25, 0.3) is 5.91 Å². The molecule has 0 unspecified atom stereocenters. The maximum atomic E-state index is 10.9. The number of hydrogen-bond acceptors (Lipinski definition) is 4. The van der Waals surface area contributed by atoms with Crippen LogP contribution in [-0.4, -0.2) is 34.1 Å². The van der Waals surface area contributed by atoms with Crippen molar-refractivity contribution < 1.29 is 9.53 Å². The van der Waals surface area contributed by atoms with Gasteiger partial charge in [-0.25, -0.2) is 4.68 Å². The summed E-state index contributed by atoms with van der Waals surface area (Å²) in [4.78, 5) is 10.9. The second-order valence-electron chi connectivity index (χ2n) is 3.16. The molecule has 0 aliphatic heterocycles. The number of carbonyl (C=O) groups is 1. The van der Waals surface area contributed by atoms with E-state index in [1.54, 1.807) is 11.6 Å². The lowest BCUT2D eigenvalue weighted by Gasteiger charge is -2.03. The second-order valence-corrected chi connectivity index (χ2v) is 3.16. The summed E-state index contributed by atoms with van der Waals surface area (Å²) in [5, 5.41) is 7.56. The lowest BCUT2D eigenvalue weighted by atomic mass is 10.3. The van der Waals surface area contributed by atoms with Gasteiger partial charge >= 0.3 is 0 Å². The molecule has 0 spiro atoms. The van der Waals surface area contributed by atoms with Gasteiger partial charge in [-0.1, -0.05) is 5.21 Å². The highest BCUT2D eigenvalue weighted by Gasteiger charge is 2.12. The number of carbonyl (C=O) groups excluding carboxylic acids is 1. The van der Waals surface area contributed by atoms with Crippen molar-refractivity contribution in [2.24, 2.45) is 5.73 Å². The Morgan fingerprint density at radius 2 is 2.33 bits per heavy atom. The molecule has 0 bridgehead atoms. The molecule has 0 aliphatic rings. The van der Waals surface area contributed by atoms with Gasteiger partial charge in [-0.05, 0) is 20.3 Å². The topological polar surface area (TPSA) is 83.0 Å². The van der Waals surface area contributed by atoms with E-state index in [-0.39, 0.29) is 5.69 Å². The van der Waals surface area contributed by atoms with Gasteiger partial charge in [-0.3, -0.25) is 4.79 Å². The number of aromatic nitrogens is 3. The van der Waals surface area contributed by atoms with Crippen LogP contribution in [0, 0.1) is 6.92 Å². The van der Waals surface area contributed by atoms with E-state index >= 15 is 0 Å². The van der Waals surface area contributed by atoms with E-state index in [1.165, 1.54) is 0 Å². The summed E-state index contributed by atoms with van der Waals surface area (Å²) in [5.41, 5.74) is 6.07. The van der Waals surface area contributed by atoms with Crippen molar-refractivity contribution in [3.8, 4) is 0 Å². The normalized spacial score (nSPS) is 10.5. The van der Waals surface area contributed by atoms with Gasteiger partial charge in [-0.2, -0.15) is 0 Å². The number of nitrogens with zero attached hydrogens (tertiary/aromatic N) is 3. The van der Waals surface area contributed by atoms with Gasteiger partial charge in [0.2, 0.25) is 0 Å². The summed E-state index contributed by atoms with van der Waals surface area (Å²) in [6, 6.07) is 0. The maximum absolute atomic E-state index is 10.9. The van der Waals surface area contributed by atoms with Gasteiger partial charge in [0, 0.05) is 19.8 Å². The fraction of sp³-hybridized carbons (Fsp3) is 0.667. The largest absolute Gasteiger partial charge is 0.382 e. The van der Waals surface area contributed by atoms with Crippen molar-refractivity contribution in [3.05, 3.63) is 11.4 Å². The summed E-state index contributed by atoms with van der Waals surface area (Å²) in [7, 11) is 0. The molecule has 0 fully saturated rings. The van der Waals surface area contributed by atoms with Crippen LogP contribution in [0.4, 0.5) is 0 Å². The fourth-order valence-corrected chi connectivity index (χ4v) is 1.26. The minimum absolute atomic E-state index is 0.242. The van der Waals surface area contributed by atoms with Crippen molar-refractivity contribution in [1.29, 1.82) is 0 Å². The van der Waals surface area contributed by atoms with Crippen LogP contribution in [0.5, 0.6) is 0 Å². The zero-order chi connectivity index (χ0) is 11.3. The third kappa shape index (κ3) is 3.02. The third-order valence-corrected chi connectivity index (χ3v) is 2.08. The fourth-order valence-electron chi connectivity index (χ4n) is 1.26. The summed E-state index contributed by atoms with van der Waals surface area (Å²) in [6.45, 7) is 5.81. The molecule has 2 N–H and O–H groups in total. The van der Waals surface area contributed by atoms with Crippen molar-refractivity contribution >= 4 is 5.91 Å². The minimum atomic E-state index is -0.538. The SMILES string of the molecule is CCOCCCn1nnc(C(N)=O)c1C. The number of rotatable bonds is 6. The Bertz CT molecular complexity index is 335. The third-order valence-electron chi connectivity index (χ3n) is 2.08. The molecular weight excluding hydrogens is 196 g/mol. The first-order valence-corrected chi connectivity index (χ1v) is 4.94. The van der Waals surface area contributed by atoms with Crippen molar-refractivity contribution in [1.82, 2.24) is 15.0 Å². The molecule has 0 radical (unpaired) electrons. The van der Waals surface area contributed by atoms with Crippen LogP contribution in [0.15, 0.2) is 0 Å². The van der Waals surface area contributed by atoms with Crippen LogP contribution in [-0.2, 0) is 11.3 Å². The highest BCUT2D eigenvalue weighted by molar-refractivity contribution is 5.91. The molecule has 6 heteroatoms. The Hall–Kier alpha value is -1.43. The average molecular weight is 212 g/mol. The van der Waals surface area contributed by atoms with Crippen LogP contribution in [0.3, 0.4) is 0 Å². The number of nitrogens with two attached hydrogens (primary N) is 1. The predicted octanol–water partition coefficient (Wildman–Crippen LogP) is 0.112. The first-order valence-electron chi connectivity index (χ1n) is 4.94. The number of amides is 1. The Labute approximate surface area is 88.4 Å². The Kier molecular flexibility index (Phi) is 4.23. The van der Waals surface area contributed by atoms with Crippen molar-refractivity contribution in [2.75, 3.05) is 13.2 Å². The van der Waals surface area contributed by atoms with E-state index in [2.05, 4.69) is 10.3 Å². The lowest BCUT2D eigenvalue weighted by Crippen LogP contribution is -2.13. The number of hydrogen-bond donors (Lipinski definition) is 1. The monoisotopic (exact) mass is 212 g/mol. The molecule has 0 atom stereocenters. The van der Waals surface area contributed by atoms with E-state index in [1.807, 2.05) is 6.92 Å². The summed E-state index contributed by atoms with van der Waals surface area (Å²) in [6.07, 6.45) is 0.843. The summed E-state index contributed by atoms with van der Waals surface area (Å²) >= 11 is 0. The first kappa shape index (κ1) is 11.6. The van der Waals surface area contributed by atoms with E-state index in [9.17, 15) is 4.79 Å². The van der Waals surface area contributed by atoms with Crippen molar-refractivity contribution in [2.45, 2.75) is 26.8 Å². The van der Waals surface area contributed by atoms with Gasteiger partial charge < -0.3 is 10.5 Å². The Morgan fingerprint density at radius 3 is 2.87 bits per heavy atom. The number of primary amides is 1. The van der Waals surface area contributed by atoms with Gasteiger partial charge in [0.1, 0.15) is 0 Å². The zero-order valence-corrected chi connectivity index (χ0v) is 9.06. The Morgan fingerprint density at radius 1 is 1.60 bits per heavy atom. The Balaban J connectivity index is 2.51. The predicted molar refractivity (Wildman–Crippen MR) is 54.4 cm³/mol. The quantitative estimate of drug-likeness (QED) is 0.678. The van der Waals surface area contributed by atoms with Crippen LogP contribution in [0.25, 0.3) is 0 Å². The second kappa shape index (κ2) is 5.45. The van der Waals surface area contributed by atoms with Gasteiger partial charge in [-0.15, -0.1) is 5.10 Å². The van der Waals surface area contributed by atoms with Crippen LogP contribution >= 0.6 is 0 Å². The molecule has 1 heterocycles. The zero-order valence-electron chi connectivity index (χ0n) is 9.06. The molecule has 0 aromatic carbocycles. The molecule has 1 aromatic heterocycles. The maximum Gasteiger partial charge on any atom is 0.271 e. The molecule has 84 valence electrons. The standard InChI is InChI=1S/C9H16N4O2/c1-3-15-6-4-5-13-7(2)8(9(10)14)11-12-13/h3-6H2,1-2H3,(H2,10,14). The van der Waals surface area contributed by atoms with Crippen LogP contribution in [0.2, 0.25) is 0 Å². The van der Waals surface area contributed by atoms with Crippen LogP contribution < -0.4 is 5.73 Å². The molecule has 6 nitrogen and oxygen atoms in total. The molecule has 15 heavy (non-hydrogen) atoms. The van der Waals surface area contributed by atoms with E-state index in [0.29, 0.717) is 25.5 Å².